The molecule has 0 unspecified atom stereocenters. The molecule has 0 spiro atoms. The number of H-pyrrole nitrogens is 1. The molecule has 1 atom stereocenters. The number of rotatable bonds is 4. The molecule has 1 aromatic heterocycles. The molecule has 0 aliphatic carbocycles. The van der Waals surface area contributed by atoms with Crippen LogP contribution in [0.5, 0.6) is 0 Å². The Balaban J connectivity index is 0.00000180. The Kier molecular flexibility index (Phi) is 5.41. The van der Waals surface area contributed by atoms with Crippen LogP contribution in [0.2, 0.25) is 0 Å². The number of benzene rings is 1. The van der Waals surface area contributed by atoms with E-state index >= 15 is 0 Å². The minimum atomic E-state index is -1.36. The maximum atomic E-state index is 10.9. The van der Waals surface area contributed by atoms with Gasteiger partial charge in [-0.1, -0.05) is 18.2 Å². The van der Waals surface area contributed by atoms with Crippen LogP contribution in [0.4, 0.5) is 4.79 Å². The van der Waals surface area contributed by atoms with Gasteiger partial charge in [0.25, 0.3) is 0 Å². The largest absolute Gasteiger partial charge is 1.00 e. The van der Waals surface area contributed by atoms with E-state index in [0.717, 1.165) is 16.5 Å². The van der Waals surface area contributed by atoms with E-state index in [1.54, 1.807) is 6.20 Å². The normalized spacial score (nSPS) is 11.6. The summed E-state index contributed by atoms with van der Waals surface area (Å²) in [6.45, 7) is 0. The number of carbonyl (C=O) groups excluding carboxylic acids is 2. The van der Waals surface area contributed by atoms with Crippen LogP contribution in [0.15, 0.2) is 30.5 Å². The smallest absolute Gasteiger partial charge is 0.548 e. The van der Waals surface area contributed by atoms with Crippen LogP contribution in [0.3, 0.4) is 0 Å². The molecule has 6 nitrogen and oxygen atoms in total. The third kappa shape index (κ3) is 3.73. The first-order valence-electron chi connectivity index (χ1n) is 5.39. The number of fused-ring (bicyclic) bond motifs is 1. The molecule has 2 aromatic rings. The van der Waals surface area contributed by atoms with Crippen LogP contribution in [-0.2, 0) is 11.2 Å². The minimum Gasteiger partial charge on any atom is -0.548 e. The van der Waals surface area contributed by atoms with Crippen molar-refractivity contribution in [3.8, 4) is 0 Å². The molecular formula is C12H12N3NaO3. The van der Waals surface area contributed by atoms with Crippen LogP contribution in [0.1, 0.15) is 5.56 Å². The van der Waals surface area contributed by atoms with E-state index in [1.165, 1.54) is 0 Å². The van der Waals surface area contributed by atoms with E-state index in [-0.39, 0.29) is 36.0 Å². The van der Waals surface area contributed by atoms with E-state index in [1.807, 2.05) is 24.3 Å². The van der Waals surface area contributed by atoms with Crippen molar-refractivity contribution in [2.24, 2.45) is 5.73 Å². The molecule has 0 aliphatic rings. The average molecular weight is 269 g/mol. The van der Waals surface area contributed by atoms with Crippen LogP contribution in [-0.4, -0.2) is 23.0 Å². The zero-order chi connectivity index (χ0) is 13.1. The molecule has 1 aromatic carbocycles. The minimum absolute atomic E-state index is 0. The van der Waals surface area contributed by atoms with E-state index in [2.05, 4.69) is 10.3 Å². The van der Waals surface area contributed by atoms with Crippen LogP contribution >= 0.6 is 0 Å². The number of aromatic nitrogens is 1. The molecule has 0 saturated carbocycles. The van der Waals surface area contributed by atoms with Crippen molar-refractivity contribution in [2.45, 2.75) is 12.5 Å². The Morgan fingerprint density at radius 1 is 1.37 bits per heavy atom. The SMILES string of the molecule is NC(=O)N[C@@H](Cc1c[nH]c2ccccc12)C(=O)[O-].[Na+]. The zero-order valence-electron chi connectivity index (χ0n) is 10.5. The van der Waals surface area contributed by atoms with Crippen molar-refractivity contribution < 1.29 is 44.3 Å². The molecule has 7 heteroatoms. The van der Waals surface area contributed by atoms with E-state index in [9.17, 15) is 14.7 Å². The number of hydrogen-bond acceptors (Lipinski definition) is 3. The number of carboxylic acids is 1. The van der Waals surface area contributed by atoms with E-state index < -0.39 is 18.0 Å². The fraction of sp³-hybridized carbons (Fsp3) is 0.167. The van der Waals surface area contributed by atoms with Gasteiger partial charge in [-0.15, -0.1) is 0 Å². The molecule has 2 amide bonds. The summed E-state index contributed by atoms with van der Waals surface area (Å²) in [6.07, 6.45) is 1.83. The van der Waals surface area contributed by atoms with Crippen molar-refractivity contribution in [3.05, 3.63) is 36.0 Å². The number of primary amides is 1. The monoisotopic (exact) mass is 269 g/mol. The second-order valence-corrected chi connectivity index (χ2v) is 3.94. The second-order valence-electron chi connectivity index (χ2n) is 3.94. The number of carboxylic acid groups (broad SMARTS) is 1. The first-order chi connectivity index (χ1) is 8.58. The average Bonchev–Trinajstić information content (AvgIpc) is 2.71. The third-order valence-electron chi connectivity index (χ3n) is 2.70. The van der Waals surface area contributed by atoms with Crippen molar-refractivity contribution in [2.75, 3.05) is 0 Å². The molecule has 2 rings (SSSR count). The number of nitrogens with two attached hydrogens (primary N) is 1. The maximum Gasteiger partial charge on any atom is 1.00 e. The molecule has 4 N–H and O–H groups in total. The van der Waals surface area contributed by atoms with Crippen molar-refractivity contribution in [3.63, 3.8) is 0 Å². The number of hydrogen-bond donors (Lipinski definition) is 3. The van der Waals surface area contributed by atoms with Gasteiger partial charge in [0.15, 0.2) is 0 Å². The van der Waals surface area contributed by atoms with Gasteiger partial charge in [-0.25, -0.2) is 4.79 Å². The number of para-hydroxylation sites is 1. The first-order valence-corrected chi connectivity index (χ1v) is 5.39. The molecular weight excluding hydrogens is 257 g/mol. The molecule has 0 saturated heterocycles. The Hall–Kier alpha value is -1.50. The Bertz CT molecular complexity index is 597. The Labute approximate surface area is 131 Å². The van der Waals surface area contributed by atoms with Crippen molar-refractivity contribution >= 4 is 22.9 Å². The zero-order valence-corrected chi connectivity index (χ0v) is 12.5. The summed E-state index contributed by atoms with van der Waals surface area (Å²) in [5, 5.41) is 14.0. The third-order valence-corrected chi connectivity index (χ3v) is 2.70. The van der Waals surface area contributed by atoms with Gasteiger partial charge in [0, 0.05) is 23.5 Å². The van der Waals surface area contributed by atoms with Gasteiger partial charge >= 0.3 is 35.6 Å². The van der Waals surface area contributed by atoms with Crippen molar-refractivity contribution in [1.29, 1.82) is 0 Å². The van der Waals surface area contributed by atoms with Gasteiger partial charge in [-0.05, 0) is 11.6 Å². The van der Waals surface area contributed by atoms with Crippen LogP contribution < -0.4 is 45.7 Å². The number of nitrogens with one attached hydrogen (secondary N) is 2. The summed E-state index contributed by atoms with van der Waals surface area (Å²) in [6, 6.07) is 5.47. The maximum absolute atomic E-state index is 10.9. The fourth-order valence-corrected chi connectivity index (χ4v) is 1.89. The molecule has 0 fully saturated rings. The second kappa shape index (κ2) is 6.60. The van der Waals surface area contributed by atoms with Crippen LogP contribution in [0, 0.1) is 0 Å². The van der Waals surface area contributed by atoms with Crippen molar-refractivity contribution in [1.82, 2.24) is 10.3 Å². The molecule has 94 valence electrons. The predicted octanol–water partition coefficient (Wildman–Crippen LogP) is -3.50. The summed E-state index contributed by atoms with van der Waals surface area (Å²) < 4.78 is 0. The van der Waals surface area contributed by atoms with E-state index in [4.69, 9.17) is 5.73 Å². The predicted molar refractivity (Wildman–Crippen MR) is 63.5 cm³/mol. The quantitative estimate of drug-likeness (QED) is 0.501. The van der Waals surface area contributed by atoms with Crippen LogP contribution in [0.25, 0.3) is 10.9 Å². The summed E-state index contributed by atoms with van der Waals surface area (Å²) in [4.78, 5) is 24.7. The Morgan fingerprint density at radius 3 is 2.68 bits per heavy atom. The fourth-order valence-electron chi connectivity index (χ4n) is 1.89. The molecule has 19 heavy (non-hydrogen) atoms. The standard InChI is InChI=1S/C12H13N3O3.Na/c13-12(18)15-10(11(16)17)5-7-6-14-9-4-2-1-3-8(7)9;/h1-4,6,10,14H,5H2,(H,16,17)(H3,13,15,18);/q;+1/p-1/t10-;/m0./s1. The van der Waals surface area contributed by atoms with E-state index in [0.29, 0.717) is 0 Å². The van der Waals surface area contributed by atoms with Gasteiger partial charge in [-0.2, -0.15) is 0 Å². The number of aromatic amines is 1. The van der Waals surface area contributed by atoms with Gasteiger partial charge in [0.1, 0.15) is 0 Å². The summed E-state index contributed by atoms with van der Waals surface area (Å²) >= 11 is 0. The summed E-state index contributed by atoms with van der Waals surface area (Å²) in [7, 11) is 0. The topological polar surface area (TPSA) is 111 Å². The summed E-state index contributed by atoms with van der Waals surface area (Å²) in [5.41, 5.74) is 6.62. The molecule has 0 bridgehead atoms. The van der Waals surface area contributed by atoms with Gasteiger partial charge in [0.2, 0.25) is 0 Å². The molecule has 1 heterocycles. The number of aliphatic carboxylic acids is 1. The first kappa shape index (κ1) is 15.6. The van der Waals surface area contributed by atoms with Gasteiger partial charge in [-0.3, -0.25) is 0 Å². The molecule has 0 radical (unpaired) electrons. The number of carbonyl (C=O) groups is 2. The summed E-state index contributed by atoms with van der Waals surface area (Å²) in [5.74, 6) is -1.36. The Morgan fingerprint density at radius 2 is 2.05 bits per heavy atom. The van der Waals surface area contributed by atoms with Gasteiger partial charge < -0.3 is 25.9 Å². The molecule has 0 aliphatic heterocycles. The number of urea groups is 1. The van der Waals surface area contributed by atoms with Gasteiger partial charge in [0.05, 0.1) is 12.0 Å². The number of amides is 2.